The topological polar surface area (TPSA) is 50.9 Å². The van der Waals surface area contributed by atoms with E-state index in [1.165, 1.54) is 25.7 Å². The first-order valence-corrected chi connectivity index (χ1v) is 6.53. The highest BCUT2D eigenvalue weighted by Crippen LogP contribution is 2.24. The van der Waals surface area contributed by atoms with Gasteiger partial charge in [0.15, 0.2) is 5.13 Å². The molecule has 0 aliphatic heterocycles. The molecule has 1 aromatic heterocycles. The lowest BCUT2D eigenvalue weighted by Gasteiger charge is -2.25. The van der Waals surface area contributed by atoms with E-state index in [4.69, 9.17) is 5.73 Å². The summed E-state index contributed by atoms with van der Waals surface area (Å²) in [7, 11) is 0. The summed E-state index contributed by atoms with van der Waals surface area (Å²) in [4.78, 5) is 4.39. The summed E-state index contributed by atoms with van der Waals surface area (Å²) in [5, 5.41) is 6.56. The largest absolute Gasteiger partial charge is 0.361 e. The first kappa shape index (κ1) is 10.9. The number of thiazole rings is 1. The second kappa shape index (κ2) is 4.94. The Hall–Kier alpha value is -0.610. The van der Waals surface area contributed by atoms with Crippen molar-refractivity contribution >= 4 is 16.5 Å². The van der Waals surface area contributed by atoms with Gasteiger partial charge in [-0.3, -0.25) is 0 Å². The van der Waals surface area contributed by atoms with Gasteiger partial charge in [0.1, 0.15) is 0 Å². The predicted octanol–water partition coefficient (Wildman–Crippen LogP) is 2.38. The summed E-state index contributed by atoms with van der Waals surface area (Å²) in [5.74, 6) is 0.786. The van der Waals surface area contributed by atoms with Gasteiger partial charge in [-0.2, -0.15) is 0 Å². The van der Waals surface area contributed by atoms with Crippen molar-refractivity contribution < 1.29 is 0 Å². The van der Waals surface area contributed by atoms with E-state index in [0.717, 1.165) is 23.3 Å². The number of rotatable bonds is 3. The molecule has 1 aliphatic rings. The Bertz CT molecular complexity index is 303. The van der Waals surface area contributed by atoms with Gasteiger partial charge in [0.25, 0.3) is 0 Å². The van der Waals surface area contributed by atoms with E-state index in [-0.39, 0.29) is 0 Å². The molecule has 0 saturated heterocycles. The normalized spacial score (nSPS) is 26.5. The molecule has 0 bridgehead atoms. The van der Waals surface area contributed by atoms with Gasteiger partial charge >= 0.3 is 0 Å². The van der Waals surface area contributed by atoms with E-state index in [1.807, 2.05) is 6.92 Å². The van der Waals surface area contributed by atoms with Crippen molar-refractivity contribution in [1.29, 1.82) is 0 Å². The molecule has 15 heavy (non-hydrogen) atoms. The summed E-state index contributed by atoms with van der Waals surface area (Å²) in [5.41, 5.74) is 6.98. The van der Waals surface area contributed by atoms with Crippen LogP contribution in [-0.4, -0.2) is 17.6 Å². The lowest BCUT2D eigenvalue weighted by atomic mass is 9.86. The summed E-state index contributed by atoms with van der Waals surface area (Å²) in [6.45, 7) is 3.08. The number of hydrogen-bond donors (Lipinski definition) is 2. The standard InChI is InChI=1S/C11H19N3S/c1-8-7-15-11(14-8)13-6-9-2-4-10(12)5-3-9/h7,9-10H,2-6,12H2,1H3,(H,13,14). The molecule has 0 atom stereocenters. The Balaban J connectivity index is 1.74. The molecule has 0 spiro atoms. The smallest absolute Gasteiger partial charge is 0.182 e. The zero-order valence-corrected chi connectivity index (χ0v) is 10.0. The molecule has 4 heteroatoms. The van der Waals surface area contributed by atoms with Crippen molar-refractivity contribution in [3.8, 4) is 0 Å². The Labute approximate surface area is 95.1 Å². The fourth-order valence-electron chi connectivity index (χ4n) is 2.06. The van der Waals surface area contributed by atoms with Gasteiger partial charge in [0.05, 0.1) is 5.69 Å². The van der Waals surface area contributed by atoms with Gasteiger partial charge in [0.2, 0.25) is 0 Å². The van der Waals surface area contributed by atoms with Crippen molar-refractivity contribution in [2.75, 3.05) is 11.9 Å². The minimum absolute atomic E-state index is 0.448. The lowest BCUT2D eigenvalue weighted by Crippen LogP contribution is -2.29. The minimum Gasteiger partial charge on any atom is -0.361 e. The van der Waals surface area contributed by atoms with Crippen LogP contribution < -0.4 is 11.1 Å². The fourth-order valence-corrected chi connectivity index (χ4v) is 2.76. The second-order valence-corrected chi connectivity index (χ2v) is 5.31. The minimum atomic E-state index is 0.448. The van der Waals surface area contributed by atoms with E-state index < -0.39 is 0 Å². The van der Waals surface area contributed by atoms with Crippen LogP contribution in [0.25, 0.3) is 0 Å². The highest BCUT2D eigenvalue weighted by atomic mass is 32.1. The van der Waals surface area contributed by atoms with E-state index in [0.29, 0.717) is 6.04 Å². The number of hydrogen-bond acceptors (Lipinski definition) is 4. The molecular formula is C11H19N3S. The van der Waals surface area contributed by atoms with Crippen LogP contribution in [0.2, 0.25) is 0 Å². The van der Waals surface area contributed by atoms with E-state index in [1.54, 1.807) is 11.3 Å². The van der Waals surface area contributed by atoms with Gasteiger partial charge in [-0.25, -0.2) is 4.98 Å². The Morgan fingerprint density at radius 2 is 2.20 bits per heavy atom. The molecular weight excluding hydrogens is 206 g/mol. The Kier molecular flexibility index (Phi) is 3.59. The number of nitrogens with one attached hydrogen (secondary N) is 1. The average Bonchev–Trinajstić information content (AvgIpc) is 2.64. The average molecular weight is 225 g/mol. The summed E-state index contributed by atoms with van der Waals surface area (Å²) >= 11 is 1.69. The fraction of sp³-hybridized carbons (Fsp3) is 0.727. The van der Waals surface area contributed by atoms with Crippen LogP contribution in [0.15, 0.2) is 5.38 Å². The molecule has 1 saturated carbocycles. The van der Waals surface area contributed by atoms with E-state index in [9.17, 15) is 0 Å². The van der Waals surface area contributed by atoms with Crippen molar-refractivity contribution in [2.45, 2.75) is 38.6 Å². The quantitative estimate of drug-likeness (QED) is 0.830. The van der Waals surface area contributed by atoms with Gasteiger partial charge in [-0.05, 0) is 38.5 Å². The number of nitrogens with zero attached hydrogens (tertiary/aromatic N) is 1. The molecule has 3 nitrogen and oxygen atoms in total. The van der Waals surface area contributed by atoms with Gasteiger partial charge in [0, 0.05) is 18.0 Å². The third-order valence-electron chi connectivity index (χ3n) is 3.05. The first-order valence-electron chi connectivity index (χ1n) is 5.65. The van der Waals surface area contributed by atoms with Gasteiger partial charge in [-0.1, -0.05) is 0 Å². The molecule has 3 N–H and O–H groups in total. The van der Waals surface area contributed by atoms with Crippen LogP contribution in [-0.2, 0) is 0 Å². The van der Waals surface area contributed by atoms with Crippen molar-refractivity contribution in [2.24, 2.45) is 11.7 Å². The zero-order valence-electron chi connectivity index (χ0n) is 9.20. The maximum Gasteiger partial charge on any atom is 0.182 e. The Morgan fingerprint density at radius 1 is 1.47 bits per heavy atom. The van der Waals surface area contributed by atoms with Crippen LogP contribution in [0.1, 0.15) is 31.4 Å². The summed E-state index contributed by atoms with van der Waals surface area (Å²) < 4.78 is 0. The third kappa shape index (κ3) is 3.18. The van der Waals surface area contributed by atoms with Crippen LogP contribution in [0.4, 0.5) is 5.13 Å². The molecule has 0 aromatic carbocycles. The summed E-state index contributed by atoms with van der Waals surface area (Å²) in [6.07, 6.45) is 4.89. The molecule has 1 aromatic rings. The molecule has 0 amide bonds. The monoisotopic (exact) mass is 225 g/mol. The maximum absolute atomic E-state index is 5.88. The number of nitrogens with two attached hydrogens (primary N) is 1. The number of aromatic nitrogens is 1. The van der Waals surface area contributed by atoms with E-state index in [2.05, 4.69) is 15.7 Å². The zero-order chi connectivity index (χ0) is 10.7. The SMILES string of the molecule is Cc1csc(NCC2CCC(N)CC2)n1. The first-order chi connectivity index (χ1) is 7.24. The molecule has 1 fully saturated rings. The lowest BCUT2D eigenvalue weighted by molar-refractivity contribution is 0.339. The highest BCUT2D eigenvalue weighted by molar-refractivity contribution is 7.13. The number of aryl methyl sites for hydroxylation is 1. The molecule has 2 rings (SSSR count). The van der Waals surface area contributed by atoms with Crippen molar-refractivity contribution in [3.63, 3.8) is 0 Å². The van der Waals surface area contributed by atoms with E-state index >= 15 is 0 Å². The number of anilines is 1. The van der Waals surface area contributed by atoms with Gasteiger partial charge in [-0.15, -0.1) is 11.3 Å². The van der Waals surface area contributed by atoms with Crippen LogP contribution in [0.5, 0.6) is 0 Å². The van der Waals surface area contributed by atoms with Crippen molar-refractivity contribution in [3.05, 3.63) is 11.1 Å². The van der Waals surface area contributed by atoms with Crippen LogP contribution >= 0.6 is 11.3 Å². The second-order valence-electron chi connectivity index (χ2n) is 4.46. The maximum atomic E-state index is 5.88. The molecule has 0 unspecified atom stereocenters. The molecule has 0 radical (unpaired) electrons. The predicted molar refractivity (Wildman–Crippen MR) is 65.3 cm³/mol. The highest BCUT2D eigenvalue weighted by Gasteiger charge is 2.18. The van der Waals surface area contributed by atoms with Gasteiger partial charge < -0.3 is 11.1 Å². The van der Waals surface area contributed by atoms with Crippen LogP contribution in [0, 0.1) is 12.8 Å². The third-order valence-corrected chi connectivity index (χ3v) is 3.97. The Morgan fingerprint density at radius 3 is 2.80 bits per heavy atom. The molecule has 84 valence electrons. The van der Waals surface area contributed by atoms with Crippen molar-refractivity contribution in [1.82, 2.24) is 4.98 Å². The molecule has 1 aliphatic carbocycles. The molecule has 1 heterocycles. The van der Waals surface area contributed by atoms with Crippen LogP contribution in [0.3, 0.4) is 0 Å². The summed E-state index contributed by atoms with van der Waals surface area (Å²) in [6, 6.07) is 0.448.